The summed E-state index contributed by atoms with van der Waals surface area (Å²) < 4.78 is 15.9. The van der Waals surface area contributed by atoms with Crippen LogP contribution in [0, 0.1) is 6.92 Å². The zero-order valence-electron chi connectivity index (χ0n) is 15.5. The molecule has 2 aromatic carbocycles. The van der Waals surface area contributed by atoms with Crippen LogP contribution in [-0.2, 0) is 0 Å². The number of rotatable bonds is 6. The highest BCUT2D eigenvalue weighted by Crippen LogP contribution is 2.38. The highest BCUT2D eigenvalue weighted by Gasteiger charge is 2.18. The number of carbonyl (C=O) groups excluding carboxylic acids is 1. The Balaban J connectivity index is 1.85. The van der Waals surface area contributed by atoms with Crippen LogP contribution in [0.1, 0.15) is 15.9 Å². The van der Waals surface area contributed by atoms with Crippen LogP contribution in [0.15, 0.2) is 41.8 Å². The Hall–Kier alpha value is -3.06. The summed E-state index contributed by atoms with van der Waals surface area (Å²) in [6.45, 7) is 2.03. The molecule has 6 nitrogen and oxygen atoms in total. The van der Waals surface area contributed by atoms with Crippen LogP contribution < -0.4 is 19.5 Å². The quantitative estimate of drug-likeness (QED) is 0.682. The van der Waals surface area contributed by atoms with E-state index in [0.717, 1.165) is 16.8 Å². The minimum absolute atomic E-state index is 0.306. The molecule has 0 saturated heterocycles. The molecule has 0 radical (unpaired) electrons. The van der Waals surface area contributed by atoms with Crippen LogP contribution in [0.25, 0.3) is 11.3 Å². The molecule has 0 fully saturated rings. The van der Waals surface area contributed by atoms with Crippen molar-refractivity contribution in [2.45, 2.75) is 6.92 Å². The van der Waals surface area contributed by atoms with Crippen molar-refractivity contribution in [3.8, 4) is 28.5 Å². The van der Waals surface area contributed by atoms with Gasteiger partial charge in [0, 0.05) is 16.5 Å². The van der Waals surface area contributed by atoms with E-state index in [1.165, 1.54) is 32.7 Å². The molecule has 1 N–H and O–H groups in total. The fraction of sp³-hybridized carbons (Fsp3) is 0.200. The monoisotopic (exact) mass is 384 g/mol. The van der Waals surface area contributed by atoms with Crippen LogP contribution in [-0.4, -0.2) is 32.2 Å². The summed E-state index contributed by atoms with van der Waals surface area (Å²) in [5, 5.41) is 5.27. The summed E-state index contributed by atoms with van der Waals surface area (Å²) in [4.78, 5) is 17.2. The van der Waals surface area contributed by atoms with E-state index in [1.807, 2.05) is 36.6 Å². The highest BCUT2D eigenvalue weighted by molar-refractivity contribution is 7.14. The highest BCUT2D eigenvalue weighted by atomic mass is 32.1. The molecule has 0 atom stereocenters. The van der Waals surface area contributed by atoms with Gasteiger partial charge in [0.2, 0.25) is 5.75 Å². The molecule has 1 aromatic heterocycles. The standard InChI is InChI=1S/C20H20N2O4S/c1-12-7-5-6-8-14(12)15-11-27-20(21-15)22-19(23)13-9-16(24-2)18(26-4)17(10-13)25-3/h5-11H,1-4H3,(H,21,22,23). The number of anilines is 1. The van der Waals surface area contributed by atoms with E-state index >= 15 is 0 Å². The molecule has 0 spiro atoms. The second-order valence-electron chi connectivity index (χ2n) is 5.72. The van der Waals surface area contributed by atoms with Crippen molar-refractivity contribution in [3.63, 3.8) is 0 Å². The van der Waals surface area contributed by atoms with E-state index in [4.69, 9.17) is 14.2 Å². The number of aromatic nitrogens is 1. The third kappa shape index (κ3) is 3.88. The first kappa shape index (κ1) is 18.7. The number of amides is 1. The number of nitrogens with one attached hydrogen (secondary N) is 1. The molecule has 3 rings (SSSR count). The van der Waals surface area contributed by atoms with E-state index in [9.17, 15) is 4.79 Å². The van der Waals surface area contributed by atoms with Gasteiger partial charge in [-0.15, -0.1) is 11.3 Å². The van der Waals surface area contributed by atoms with Crippen LogP contribution in [0.4, 0.5) is 5.13 Å². The SMILES string of the molecule is COc1cc(C(=O)Nc2nc(-c3ccccc3C)cs2)cc(OC)c1OC. The molecular formula is C20H20N2O4S. The van der Waals surface area contributed by atoms with Gasteiger partial charge in [-0.1, -0.05) is 24.3 Å². The number of carbonyl (C=O) groups is 1. The molecular weight excluding hydrogens is 364 g/mol. The van der Waals surface area contributed by atoms with Gasteiger partial charge in [-0.05, 0) is 24.6 Å². The van der Waals surface area contributed by atoms with Gasteiger partial charge >= 0.3 is 0 Å². The second-order valence-corrected chi connectivity index (χ2v) is 6.58. The van der Waals surface area contributed by atoms with Gasteiger partial charge in [0.15, 0.2) is 16.6 Å². The molecule has 0 bridgehead atoms. The van der Waals surface area contributed by atoms with Crippen molar-refractivity contribution in [2.75, 3.05) is 26.6 Å². The summed E-state index contributed by atoms with van der Waals surface area (Å²) in [7, 11) is 4.53. The molecule has 1 heterocycles. The summed E-state index contributed by atoms with van der Waals surface area (Å²) in [6, 6.07) is 11.2. The van der Waals surface area contributed by atoms with Crippen molar-refractivity contribution >= 4 is 22.4 Å². The lowest BCUT2D eigenvalue weighted by Gasteiger charge is -2.13. The Morgan fingerprint density at radius 3 is 2.30 bits per heavy atom. The van der Waals surface area contributed by atoms with E-state index in [2.05, 4.69) is 10.3 Å². The first-order valence-corrected chi connectivity index (χ1v) is 9.08. The number of methoxy groups -OCH3 is 3. The van der Waals surface area contributed by atoms with Crippen molar-refractivity contribution in [1.82, 2.24) is 4.98 Å². The molecule has 27 heavy (non-hydrogen) atoms. The van der Waals surface area contributed by atoms with Gasteiger partial charge in [0.25, 0.3) is 5.91 Å². The number of thiazole rings is 1. The van der Waals surface area contributed by atoms with Crippen molar-refractivity contribution in [1.29, 1.82) is 0 Å². The topological polar surface area (TPSA) is 69.7 Å². The molecule has 0 unspecified atom stereocenters. The first-order chi connectivity index (χ1) is 13.1. The molecule has 0 saturated carbocycles. The lowest BCUT2D eigenvalue weighted by molar-refractivity contribution is 0.102. The molecule has 140 valence electrons. The van der Waals surface area contributed by atoms with Crippen LogP contribution >= 0.6 is 11.3 Å². The Labute approximate surface area is 161 Å². The number of nitrogens with zero attached hydrogens (tertiary/aromatic N) is 1. The summed E-state index contributed by atoms with van der Waals surface area (Å²) >= 11 is 1.37. The van der Waals surface area contributed by atoms with Gasteiger partial charge < -0.3 is 14.2 Å². The molecule has 0 aliphatic rings. The summed E-state index contributed by atoms with van der Waals surface area (Å²) in [5.74, 6) is 0.969. The predicted molar refractivity (Wildman–Crippen MR) is 106 cm³/mol. The largest absolute Gasteiger partial charge is 0.493 e. The first-order valence-electron chi connectivity index (χ1n) is 8.20. The fourth-order valence-corrected chi connectivity index (χ4v) is 3.40. The maximum atomic E-state index is 12.7. The second kappa shape index (κ2) is 8.09. The van der Waals surface area contributed by atoms with Gasteiger partial charge in [-0.3, -0.25) is 10.1 Å². The number of benzene rings is 2. The Kier molecular flexibility index (Phi) is 5.61. The van der Waals surface area contributed by atoms with E-state index in [0.29, 0.717) is 27.9 Å². The van der Waals surface area contributed by atoms with Crippen LogP contribution in [0.3, 0.4) is 0 Å². The summed E-state index contributed by atoms with van der Waals surface area (Å²) in [6.07, 6.45) is 0. The number of ether oxygens (including phenoxy) is 3. The van der Waals surface area contributed by atoms with Gasteiger partial charge in [-0.2, -0.15) is 0 Å². The van der Waals surface area contributed by atoms with Crippen LogP contribution in [0.5, 0.6) is 17.2 Å². The normalized spacial score (nSPS) is 10.4. The zero-order chi connectivity index (χ0) is 19.4. The molecule has 0 aliphatic heterocycles. The summed E-state index contributed by atoms with van der Waals surface area (Å²) in [5.41, 5.74) is 3.39. The zero-order valence-corrected chi connectivity index (χ0v) is 16.3. The number of hydrogen-bond donors (Lipinski definition) is 1. The average molecular weight is 384 g/mol. The van der Waals surface area contributed by atoms with Crippen molar-refractivity contribution in [3.05, 3.63) is 52.9 Å². The lowest BCUT2D eigenvalue weighted by atomic mass is 10.1. The fourth-order valence-electron chi connectivity index (χ4n) is 2.70. The Morgan fingerprint density at radius 1 is 1.04 bits per heavy atom. The van der Waals surface area contributed by atoms with Crippen molar-refractivity contribution in [2.24, 2.45) is 0 Å². The number of aryl methyl sites for hydroxylation is 1. The van der Waals surface area contributed by atoms with Crippen molar-refractivity contribution < 1.29 is 19.0 Å². The van der Waals surface area contributed by atoms with E-state index in [-0.39, 0.29) is 5.91 Å². The predicted octanol–water partition coefficient (Wildman–Crippen LogP) is 4.40. The maximum absolute atomic E-state index is 12.7. The molecule has 7 heteroatoms. The van der Waals surface area contributed by atoms with E-state index < -0.39 is 0 Å². The molecule has 1 amide bonds. The Bertz CT molecular complexity index is 943. The third-order valence-corrected chi connectivity index (χ3v) is 4.83. The van der Waals surface area contributed by atoms with E-state index in [1.54, 1.807) is 12.1 Å². The van der Waals surface area contributed by atoms with Crippen LogP contribution in [0.2, 0.25) is 0 Å². The smallest absolute Gasteiger partial charge is 0.257 e. The lowest BCUT2D eigenvalue weighted by Crippen LogP contribution is -2.12. The number of hydrogen-bond acceptors (Lipinski definition) is 6. The molecule has 3 aromatic rings. The average Bonchev–Trinajstić information content (AvgIpc) is 3.15. The molecule has 0 aliphatic carbocycles. The van der Waals surface area contributed by atoms with Gasteiger partial charge in [0.05, 0.1) is 27.0 Å². The minimum Gasteiger partial charge on any atom is -0.493 e. The minimum atomic E-state index is -0.306. The maximum Gasteiger partial charge on any atom is 0.257 e. The van der Waals surface area contributed by atoms with Gasteiger partial charge in [-0.25, -0.2) is 4.98 Å². The third-order valence-electron chi connectivity index (χ3n) is 4.07. The van der Waals surface area contributed by atoms with Gasteiger partial charge in [0.1, 0.15) is 0 Å². The Morgan fingerprint density at radius 2 is 1.70 bits per heavy atom.